The number of piperazine rings is 1. The van der Waals surface area contributed by atoms with Crippen LogP contribution in [0.3, 0.4) is 0 Å². The van der Waals surface area contributed by atoms with Crippen LogP contribution < -0.4 is 4.90 Å². The summed E-state index contributed by atoms with van der Waals surface area (Å²) in [5, 5.41) is 0. The molecular formula is C19H22N4O3. The number of furan rings is 1. The van der Waals surface area contributed by atoms with Crippen molar-refractivity contribution in [1.29, 1.82) is 0 Å². The SMILES string of the molecule is Cc1occc1C(=O)N1CC[C@]2(C1)CN(c1cccnc1)C(=O)CN2C. The third-order valence-electron chi connectivity index (χ3n) is 5.60. The summed E-state index contributed by atoms with van der Waals surface area (Å²) >= 11 is 0. The fourth-order valence-electron chi connectivity index (χ4n) is 3.96. The molecule has 2 aromatic heterocycles. The van der Waals surface area contributed by atoms with E-state index in [1.165, 1.54) is 0 Å². The molecule has 0 unspecified atom stereocenters. The Hall–Kier alpha value is -2.67. The van der Waals surface area contributed by atoms with E-state index in [4.69, 9.17) is 4.42 Å². The van der Waals surface area contributed by atoms with E-state index in [-0.39, 0.29) is 17.4 Å². The standard InChI is InChI=1S/C19H22N4O3/c1-14-16(5-9-26-14)18(25)22-8-6-19(12-22)13-23(17(24)11-21(19)2)15-4-3-7-20-10-15/h3-5,7,9-10H,6,8,11-13H2,1-2H3/t19-/m0/s1. The molecule has 26 heavy (non-hydrogen) atoms. The van der Waals surface area contributed by atoms with Crippen molar-refractivity contribution in [2.45, 2.75) is 18.9 Å². The lowest BCUT2D eigenvalue weighted by Gasteiger charge is -2.46. The highest BCUT2D eigenvalue weighted by Gasteiger charge is 2.49. The Morgan fingerprint density at radius 3 is 2.85 bits per heavy atom. The highest BCUT2D eigenvalue weighted by Crippen LogP contribution is 2.34. The quantitative estimate of drug-likeness (QED) is 0.818. The molecule has 0 aromatic carbocycles. The van der Waals surface area contributed by atoms with Gasteiger partial charge in [0.1, 0.15) is 5.76 Å². The van der Waals surface area contributed by atoms with Crippen molar-refractivity contribution < 1.29 is 14.0 Å². The van der Waals surface area contributed by atoms with Crippen LogP contribution in [0.2, 0.25) is 0 Å². The van der Waals surface area contributed by atoms with Crippen molar-refractivity contribution in [3.05, 3.63) is 48.2 Å². The van der Waals surface area contributed by atoms with Gasteiger partial charge in [-0.1, -0.05) is 0 Å². The summed E-state index contributed by atoms with van der Waals surface area (Å²) in [5.41, 5.74) is 1.18. The van der Waals surface area contributed by atoms with Crippen molar-refractivity contribution in [2.75, 3.05) is 38.1 Å². The molecule has 2 fully saturated rings. The van der Waals surface area contributed by atoms with Crippen LogP contribution in [-0.2, 0) is 4.79 Å². The van der Waals surface area contributed by atoms with Crippen molar-refractivity contribution in [2.24, 2.45) is 0 Å². The van der Waals surface area contributed by atoms with Gasteiger partial charge in [-0.3, -0.25) is 19.5 Å². The number of anilines is 1. The fourth-order valence-corrected chi connectivity index (χ4v) is 3.96. The van der Waals surface area contributed by atoms with E-state index in [0.29, 0.717) is 37.5 Å². The molecule has 0 N–H and O–H groups in total. The number of amides is 2. The number of aryl methyl sites for hydroxylation is 1. The van der Waals surface area contributed by atoms with Crippen molar-refractivity contribution in [3.8, 4) is 0 Å². The maximum atomic E-state index is 12.8. The lowest BCUT2D eigenvalue weighted by molar-refractivity contribution is -0.123. The Bertz CT molecular complexity index is 834. The summed E-state index contributed by atoms with van der Waals surface area (Å²) in [5.74, 6) is 0.688. The van der Waals surface area contributed by atoms with Crippen LogP contribution in [0.4, 0.5) is 5.69 Å². The highest BCUT2D eigenvalue weighted by molar-refractivity contribution is 5.97. The average Bonchev–Trinajstić information content (AvgIpc) is 3.26. The number of carbonyl (C=O) groups excluding carboxylic acids is 2. The number of likely N-dealkylation sites (tertiary alicyclic amines) is 1. The topological polar surface area (TPSA) is 69.9 Å². The van der Waals surface area contributed by atoms with Gasteiger partial charge in [0, 0.05) is 25.8 Å². The molecule has 1 spiro atoms. The van der Waals surface area contributed by atoms with E-state index in [0.717, 1.165) is 12.1 Å². The second-order valence-electron chi connectivity index (χ2n) is 7.14. The molecule has 2 aliphatic heterocycles. The summed E-state index contributed by atoms with van der Waals surface area (Å²) in [4.78, 5) is 35.3. The van der Waals surface area contributed by atoms with Gasteiger partial charge in [0.2, 0.25) is 5.91 Å². The third-order valence-corrected chi connectivity index (χ3v) is 5.60. The van der Waals surface area contributed by atoms with Crippen LogP contribution in [0.1, 0.15) is 22.5 Å². The molecule has 0 radical (unpaired) electrons. The number of hydrogen-bond donors (Lipinski definition) is 0. The Balaban J connectivity index is 1.57. The summed E-state index contributed by atoms with van der Waals surface area (Å²) in [6, 6.07) is 5.45. The molecule has 7 heteroatoms. The number of pyridine rings is 1. The Labute approximate surface area is 152 Å². The largest absolute Gasteiger partial charge is 0.469 e. The van der Waals surface area contributed by atoms with Gasteiger partial charge in [-0.25, -0.2) is 0 Å². The Morgan fingerprint density at radius 2 is 2.15 bits per heavy atom. The summed E-state index contributed by atoms with van der Waals surface area (Å²) in [7, 11) is 1.97. The van der Waals surface area contributed by atoms with E-state index in [9.17, 15) is 9.59 Å². The molecule has 1 atom stereocenters. The second kappa shape index (κ2) is 6.25. The number of likely N-dealkylation sites (N-methyl/N-ethyl adjacent to an activating group) is 1. The van der Waals surface area contributed by atoms with Crippen molar-refractivity contribution >= 4 is 17.5 Å². The number of nitrogens with zero attached hydrogens (tertiary/aromatic N) is 4. The van der Waals surface area contributed by atoms with Gasteiger partial charge in [0.05, 0.1) is 35.8 Å². The molecule has 2 aromatic rings. The van der Waals surface area contributed by atoms with Gasteiger partial charge in [0.15, 0.2) is 0 Å². The maximum Gasteiger partial charge on any atom is 0.257 e. The Morgan fingerprint density at radius 1 is 1.31 bits per heavy atom. The van der Waals surface area contributed by atoms with Crippen LogP contribution in [0.5, 0.6) is 0 Å². The monoisotopic (exact) mass is 354 g/mol. The Kier molecular flexibility index (Phi) is 4.03. The molecule has 4 heterocycles. The van der Waals surface area contributed by atoms with Gasteiger partial charge in [-0.2, -0.15) is 0 Å². The van der Waals surface area contributed by atoms with Gasteiger partial charge in [-0.05, 0) is 38.6 Å². The minimum atomic E-state index is -0.239. The predicted octanol–water partition coefficient (Wildman–Crippen LogP) is 1.55. The number of carbonyl (C=O) groups is 2. The molecule has 4 rings (SSSR count). The van der Waals surface area contributed by atoms with Crippen LogP contribution in [0.25, 0.3) is 0 Å². The first-order chi connectivity index (χ1) is 12.5. The van der Waals surface area contributed by atoms with Gasteiger partial charge in [-0.15, -0.1) is 0 Å². The first-order valence-corrected chi connectivity index (χ1v) is 8.75. The zero-order valence-corrected chi connectivity index (χ0v) is 15.0. The van der Waals surface area contributed by atoms with Gasteiger partial charge < -0.3 is 14.2 Å². The molecule has 2 aliphatic rings. The van der Waals surface area contributed by atoms with E-state index in [1.54, 1.807) is 36.5 Å². The van der Waals surface area contributed by atoms with Crippen molar-refractivity contribution in [3.63, 3.8) is 0 Å². The normalized spacial score (nSPS) is 23.8. The van der Waals surface area contributed by atoms with Crippen LogP contribution in [0, 0.1) is 6.92 Å². The molecule has 2 amide bonds. The summed E-state index contributed by atoms with van der Waals surface area (Å²) in [6.07, 6.45) is 5.78. The highest BCUT2D eigenvalue weighted by atomic mass is 16.3. The van der Waals surface area contributed by atoms with Gasteiger partial charge in [0.25, 0.3) is 5.91 Å². The number of hydrogen-bond acceptors (Lipinski definition) is 5. The molecule has 0 aliphatic carbocycles. The lowest BCUT2D eigenvalue weighted by Crippen LogP contribution is -2.64. The first-order valence-electron chi connectivity index (χ1n) is 8.75. The molecule has 136 valence electrons. The summed E-state index contributed by atoms with van der Waals surface area (Å²) < 4.78 is 5.27. The molecule has 0 saturated carbocycles. The minimum absolute atomic E-state index is 0.00801. The van der Waals surface area contributed by atoms with E-state index in [2.05, 4.69) is 9.88 Å². The molecule has 2 saturated heterocycles. The van der Waals surface area contributed by atoms with Crippen LogP contribution in [0.15, 0.2) is 41.3 Å². The zero-order valence-electron chi connectivity index (χ0n) is 15.0. The van der Waals surface area contributed by atoms with E-state index < -0.39 is 0 Å². The number of aromatic nitrogens is 1. The van der Waals surface area contributed by atoms with Crippen LogP contribution in [-0.4, -0.2) is 65.4 Å². The van der Waals surface area contributed by atoms with Crippen LogP contribution >= 0.6 is 0 Å². The van der Waals surface area contributed by atoms with Gasteiger partial charge >= 0.3 is 0 Å². The summed E-state index contributed by atoms with van der Waals surface area (Å²) in [6.45, 7) is 3.96. The molecule has 0 bridgehead atoms. The minimum Gasteiger partial charge on any atom is -0.469 e. The lowest BCUT2D eigenvalue weighted by atomic mass is 9.92. The fraction of sp³-hybridized carbons (Fsp3) is 0.421. The number of rotatable bonds is 2. The third kappa shape index (κ3) is 2.68. The molecular weight excluding hydrogens is 332 g/mol. The van der Waals surface area contributed by atoms with E-state index >= 15 is 0 Å². The van der Waals surface area contributed by atoms with E-state index in [1.807, 2.05) is 24.1 Å². The zero-order chi connectivity index (χ0) is 18.3. The second-order valence-corrected chi connectivity index (χ2v) is 7.14. The first kappa shape index (κ1) is 16.8. The predicted molar refractivity (Wildman–Crippen MR) is 95.9 cm³/mol. The average molecular weight is 354 g/mol. The smallest absolute Gasteiger partial charge is 0.257 e. The van der Waals surface area contributed by atoms with Crippen molar-refractivity contribution in [1.82, 2.24) is 14.8 Å². The molecule has 7 nitrogen and oxygen atoms in total. The maximum absolute atomic E-state index is 12.8.